The summed E-state index contributed by atoms with van der Waals surface area (Å²) in [6, 6.07) is 7.97. The zero-order chi connectivity index (χ0) is 12.1. The Morgan fingerprint density at radius 1 is 1.24 bits per heavy atom. The highest BCUT2D eigenvalue weighted by Gasteiger charge is 2.10. The molecule has 0 aromatic heterocycles. The van der Waals surface area contributed by atoms with E-state index in [9.17, 15) is 4.79 Å². The van der Waals surface area contributed by atoms with E-state index in [1.54, 1.807) is 0 Å². The van der Waals surface area contributed by atoms with E-state index in [1.807, 2.05) is 19.1 Å². The molecule has 1 aliphatic heterocycles. The van der Waals surface area contributed by atoms with Crippen molar-refractivity contribution in [2.75, 3.05) is 26.3 Å². The zero-order valence-electron chi connectivity index (χ0n) is 10.3. The van der Waals surface area contributed by atoms with Crippen molar-refractivity contribution in [1.29, 1.82) is 0 Å². The van der Waals surface area contributed by atoms with Gasteiger partial charge in [0.25, 0.3) is 0 Å². The third kappa shape index (κ3) is 3.38. The van der Waals surface area contributed by atoms with Gasteiger partial charge in [-0.25, -0.2) is 0 Å². The van der Waals surface area contributed by atoms with E-state index in [1.165, 1.54) is 5.56 Å². The van der Waals surface area contributed by atoms with Gasteiger partial charge in [-0.15, -0.1) is 0 Å². The van der Waals surface area contributed by atoms with Crippen LogP contribution in [0.2, 0.25) is 0 Å². The number of morpholine rings is 1. The first-order valence-corrected chi connectivity index (χ1v) is 6.22. The Labute approximate surface area is 102 Å². The number of carbonyl (C=O) groups is 1. The van der Waals surface area contributed by atoms with E-state index >= 15 is 0 Å². The predicted octanol–water partition coefficient (Wildman–Crippen LogP) is 2.11. The highest BCUT2D eigenvalue weighted by molar-refractivity contribution is 5.95. The number of benzene rings is 1. The molecule has 0 saturated carbocycles. The summed E-state index contributed by atoms with van der Waals surface area (Å²) < 4.78 is 5.32. The van der Waals surface area contributed by atoms with Gasteiger partial charge in [0.15, 0.2) is 5.78 Å². The minimum Gasteiger partial charge on any atom is -0.379 e. The first-order valence-electron chi connectivity index (χ1n) is 6.22. The smallest absolute Gasteiger partial charge is 0.162 e. The summed E-state index contributed by atoms with van der Waals surface area (Å²) in [7, 11) is 0. The number of ether oxygens (including phenoxy) is 1. The lowest BCUT2D eigenvalue weighted by Gasteiger charge is -2.26. The molecular formula is C14H19NO2. The molecule has 0 atom stereocenters. The molecule has 0 unspecified atom stereocenters. The number of hydrogen-bond acceptors (Lipinski definition) is 3. The van der Waals surface area contributed by atoms with Crippen LogP contribution >= 0.6 is 0 Å². The van der Waals surface area contributed by atoms with Crippen LogP contribution in [-0.4, -0.2) is 37.0 Å². The van der Waals surface area contributed by atoms with Gasteiger partial charge in [-0.1, -0.05) is 31.2 Å². The van der Waals surface area contributed by atoms with Crippen LogP contribution in [0.25, 0.3) is 0 Å². The van der Waals surface area contributed by atoms with Gasteiger partial charge in [0.2, 0.25) is 0 Å². The number of carbonyl (C=O) groups excluding carboxylic acids is 1. The normalized spacial score (nSPS) is 17.0. The Balaban J connectivity index is 1.95. The van der Waals surface area contributed by atoms with Crippen molar-refractivity contribution in [3.63, 3.8) is 0 Å². The maximum absolute atomic E-state index is 11.5. The second-order valence-electron chi connectivity index (χ2n) is 4.36. The van der Waals surface area contributed by atoms with Gasteiger partial charge >= 0.3 is 0 Å². The third-order valence-electron chi connectivity index (χ3n) is 3.11. The summed E-state index contributed by atoms with van der Waals surface area (Å²) in [6.45, 7) is 6.48. The summed E-state index contributed by atoms with van der Waals surface area (Å²) in [6.07, 6.45) is 0.572. The Kier molecular flexibility index (Phi) is 4.29. The SMILES string of the molecule is CCC(=O)c1ccc(CN2CCOCC2)cc1. The lowest BCUT2D eigenvalue weighted by Crippen LogP contribution is -2.35. The van der Waals surface area contributed by atoms with Crippen molar-refractivity contribution in [3.05, 3.63) is 35.4 Å². The van der Waals surface area contributed by atoms with Crippen LogP contribution in [0.3, 0.4) is 0 Å². The first kappa shape index (κ1) is 12.3. The number of hydrogen-bond donors (Lipinski definition) is 0. The van der Waals surface area contributed by atoms with Gasteiger partial charge < -0.3 is 4.74 Å². The van der Waals surface area contributed by atoms with E-state index < -0.39 is 0 Å². The average Bonchev–Trinajstić information content (AvgIpc) is 2.40. The summed E-state index contributed by atoms with van der Waals surface area (Å²) in [4.78, 5) is 13.9. The molecule has 0 amide bonds. The second kappa shape index (κ2) is 5.94. The van der Waals surface area contributed by atoms with Crippen molar-refractivity contribution in [3.8, 4) is 0 Å². The number of ketones is 1. The van der Waals surface area contributed by atoms with Gasteiger partial charge in [-0.3, -0.25) is 9.69 Å². The molecule has 0 spiro atoms. The molecule has 1 aromatic carbocycles. The highest BCUT2D eigenvalue weighted by atomic mass is 16.5. The van der Waals surface area contributed by atoms with Crippen molar-refractivity contribution in [2.45, 2.75) is 19.9 Å². The fourth-order valence-electron chi connectivity index (χ4n) is 2.02. The zero-order valence-corrected chi connectivity index (χ0v) is 10.3. The van der Waals surface area contributed by atoms with Crippen LogP contribution in [0.4, 0.5) is 0 Å². The lowest BCUT2D eigenvalue weighted by atomic mass is 10.1. The summed E-state index contributed by atoms with van der Waals surface area (Å²) in [5, 5.41) is 0. The first-order chi connectivity index (χ1) is 8.29. The van der Waals surface area contributed by atoms with Gasteiger partial charge in [0, 0.05) is 31.6 Å². The highest BCUT2D eigenvalue weighted by Crippen LogP contribution is 2.10. The molecule has 1 fully saturated rings. The maximum atomic E-state index is 11.5. The van der Waals surface area contributed by atoms with Crippen molar-refractivity contribution in [1.82, 2.24) is 4.90 Å². The Hall–Kier alpha value is -1.19. The Morgan fingerprint density at radius 2 is 1.88 bits per heavy atom. The minimum atomic E-state index is 0.211. The average molecular weight is 233 g/mol. The van der Waals surface area contributed by atoms with Gasteiger partial charge in [0.1, 0.15) is 0 Å². The standard InChI is InChI=1S/C14H19NO2/c1-2-14(16)13-5-3-12(4-6-13)11-15-7-9-17-10-8-15/h3-6H,2,7-11H2,1H3. The van der Waals surface area contributed by atoms with Gasteiger partial charge in [-0.05, 0) is 5.56 Å². The topological polar surface area (TPSA) is 29.5 Å². The molecule has 3 nitrogen and oxygen atoms in total. The quantitative estimate of drug-likeness (QED) is 0.746. The van der Waals surface area contributed by atoms with E-state index in [0.29, 0.717) is 6.42 Å². The number of nitrogens with zero attached hydrogens (tertiary/aromatic N) is 1. The lowest BCUT2D eigenvalue weighted by molar-refractivity contribution is 0.0342. The van der Waals surface area contributed by atoms with Crippen LogP contribution < -0.4 is 0 Å². The molecule has 17 heavy (non-hydrogen) atoms. The maximum Gasteiger partial charge on any atom is 0.162 e. The van der Waals surface area contributed by atoms with Crippen LogP contribution in [0.5, 0.6) is 0 Å². The van der Waals surface area contributed by atoms with Crippen LogP contribution in [-0.2, 0) is 11.3 Å². The molecule has 0 bridgehead atoms. The summed E-state index contributed by atoms with van der Waals surface area (Å²) in [5.41, 5.74) is 2.08. The van der Waals surface area contributed by atoms with Gasteiger partial charge in [-0.2, -0.15) is 0 Å². The molecule has 1 aromatic rings. The molecule has 1 aliphatic rings. The molecule has 0 radical (unpaired) electrons. The monoisotopic (exact) mass is 233 g/mol. The van der Waals surface area contributed by atoms with Gasteiger partial charge in [0.05, 0.1) is 13.2 Å². The molecule has 0 aliphatic carbocycles. The fourth-order valence-corrected chi connectivity index (χ4v) is 2.02. The summed E-state index contributed by atoms with van der Waals surface area (Å²) >= 11 is 0. The molecule has 1 saturated heterocycles. The predicted molar refractivity (Wildman–Crippen MR) is 67.2 cm³/mol. The molecule has 0 N–H and O–H groups in total. The van der Waals surface area contributed by atoms with Crippen molar-refractivity contribution in [2.24, 2.45) is 0 Å². The molecule has 1 heterocycles. The molecule has 92 valence electrons. The largest absolute Gasteiger partial charge is 0.379 e. The van der Waals surface area contributed by atoms with E-state index in [0.717, 1.165) is 38.4 Å². The van der Waals surface area contributed by atoms with Crippen LogP contribution in [0.1, 0.15) is 29.3 Å². The number of Topliss-reactive ketones (excluding diaryl/α,β-unsaturated/α-hetero) is 1. The van der Waals surface area contributed by atoms with E-state index in [4.69, 9.17) is 4.74 Å². The Morgan fingerprint density at radius 3 is 2.47 bits per heavy atom. The number of rotatable bonds is 4. The molecule has 3 heteroatoms. The molecular weight excluding hydrogens is 214 g/mol. The van der Waals surface area contributed by atoms with Crippen molar-refractivity contribution < 1.29 is 9.53 Å². The fraction of sp³-hybridized carbons (Fsp3) is 0.500. The van der Waals surface area contributed by atoms with Crippen LogP contribution in [0.15, 0.2) is 24.3 Å². The summed E-state index contributed by atoms with van der Waals surface area (Å²) in [5.74, 6) is 0.211. The van der Waals surface area contributed by atoms with Crippen LogP contribution in [0, 0.1) is 0 Å². The Bertz CT molecular complexity index is 366. The van der Waals surface area contributed by atoms with E-state index in [2.05, 4.69) is 17.0 Å². The molecule has 2 rings (SSSR count). The van der Waals surface area contributed by atoms with Crippen molar-refractivity contribution >= 4 is 5.78 Å². The van der Waals surface area contributed by atoms with E-state index in [-0.39, 0.29) is 5.78 Å². The third-order valence-corrected chi connectivity index (χ3v) is 3.11. The second-order valence-corrected chi connectivity index (χ2v) is 4.36. The minimum absolute atomic E-state index is 0.211.